The van der Waals surface area contributed by atoms with Crippen LogP contribution in [0.15, 0.2) is 40.3 Å². The van der Waals surface area contributed by atoms with E-state index in [0.717, 1.165) is 55.0 Å². The van der Waals surface area contributed by atoms with Crippen molar-refractivity contribution >= 4 is 18.4 Å². The van der Waals surface area contributed by atoms with Crippen LogP contribution in [0.2, 0.25) is 0 Å². The van der Waals surface area contributed by atoms with Gasteiger partial charge in [-0.25, -0.2) is 9.98 Å². The number of amidine groups is 1. The van der Waals surface area contributed by atoms with Gasteiger partial charge in [-0.2, -0.15) is 0 Å². The van der Waals surface area contributed by atoms with E-state index in [1.807, 2.05) is 7.05 Å². The standard InChI is InChI=1S/C30H45N5/c1-7-24-15-16-26(21-25(24)8-2)28-18-17-27(29(32-6)34-28)30(35-20-12-10-14-23(35)4)33-19-11-9-13-22(3)31-5/h15-18,21-23,31H,6-14,19-20H2,1-5H3. The number of aryl methyl sites for hydroxylation is 2. The SMILES string of the molecule is C=Nc1nc(-c2ccc(CC)c(CC)c2)ccc1C(=NCCCCC(C)NC)N1CCCCC1C. The highest BCUT2D eigenvalue weighted by molar-refractivity contribution is 6.03. The molecule has 3 rings (SSSR count). The molecule has 2 heterocycles. The maximum atomic E-state index is 5.15. The second kappa shape index (κ2) is 13.5. The Bertz CT molecular complexity index is 996. The van der Waals surface area contributed by atoms with Crippen molar-refractivity contribution in [3.8, 4) is 11.3 Å². The van der Waals surface area contributed by atoms with Gasteiger partial charge in [0.2, 0.25) is 0 Å². The second-order valence-corrected chi connectivity index (χ2v) is 9.85. The Balaban J connectivity index is 1.92. The normalized spacial score (nSPS) is 17.5. The van der Waals surface area contributed by atoms with E-state index in [2.05, 4.69) is 80.0 Å². The monoisotopic (exact) mass is 475 g/mol. The molecule has 1 aliphatic heterocycles. The number of benzene rings is 1. The molecular weight excluding hydrogens is 430 g/mol. The quantitative estimate of drug-likeness (QED) is 0.226. The van der Waals surface area contributed by atoms with Crippen molar-refractivity contribution in [1.29, 1.82) is 0 Å². The molecule has 35 heavy (non-hydrogen) atoms. The summed E-state index contributed by atoms with van der Waals surface area (Å²) >= 11 is 0. The summed E-state index contributed by atoms with van der Waals surface area (Å²) in [7, 11) is 2.03. The molecule has 0 spiro atoms. The lowest BCUT2D eigenvalue weighted by atomic mass is 9.98. The lowest BCUT2D eigenvalue weighted by Gasteiger charge is -2.36. The summed E-state index contributed by atoms with van der Waals surface area (Å²) in [6, 6.07) is 12.0. The molecule has 2 unspecified atom stereocenters. The van der Waals surface area contributed by atoms with Crippen LogP contribution in [-0.2, 0) is 12.8 Å². The van der Waals surface area contributed by atoms with E-state index in [-0.39, 0.29) is 0 Å². The number of pyridine rings is 1. The maximum absolute atomic E-state index is 5.15. The Kier molecular flexibility index (Phi) is 10.5. The zero-order valence-corrected chi connectivity index (χ0v) is 22.6. The van der Waals surface area contributed by atoms with Crippen molar-refractivity contribution in [3.05, 3.63) is 47.0 Å². The van der Waals surface area contributed by atoms with Crippen molar-refractivity contribution in [3.63, 3.8) is 0 Å². The molecule has 1 saturated heterocycles. The highest BCUT2D eigenvalue weighted by Crippen LogP contribution is 2.29. The second-order valence-electron chi connectivity index (χ2n) is 9.85. The van der Waals surface area contributed by atoms with Crippen LogP contribution in [0, 0.1) is 0 Å². The summed E-state index contributed by atoms with van der Waals surface area (Å²) in [5.74, 6) is 1.72. The lowest BCUT2D eigenvalue weighted by molar-refractivity contribution is 0.258. The van der Waals surface area contributed by atoms with Crippen LogP contribution < -0.4 is 5.32 Å². The summed E-state index contributed by atoms with van der Waals surface area (Å²) in [6.45, 7) is 14.7. The van der Waals surface area contributed by atoms with Gasteiger partial charge in [0.1, 0.15) is 5.84 Å². The average Bonchev–Trinajstić information content (AvgIpc) is 2.90. The maximum Gasteiger partial charge on any atom is 0.162 e. The molecule has 1 aromatic carbocycles. The number of piperidine rings is 1. The van der Waals surface area contributed by atoms with E-state index >= 15 is 0 Å². The molecule has 0 bridgehead atoms. The summed E-state index contributed by atoms with van der Waals surface area (Å²) in [4.78, 5) is 17.0. The molecule has 1 N–H and O–H groups in total. The number of likely N-dealkylation sites (tertiary alicyclic amines) is 1. The molecular formula is C30H45N5. The molecule has 5 heteroatoms. The van der Waals surface area contributed by atoms with Crippen molar-refractivity contribution in [1.82, 2.24) is 15.2 Å². The molecule has 5 nitrogen and oxygen atoms in total. The summed E-state index contributed by atoms with van der Waals surface area (Å²) < 4.78 is 0. The number of hydrogen-bond acceptors (Lipinski definition) is 4. The summed E-state index contributed by atoms with van der Waals surface area (Å²) in [5.41, 5.74) is 5.88. The number of hydrogen-bond donors (Lipinski definition) is 1. The number of unbranched alkanes of at least 4 members (excludes halogenated alkanes) is 1. The molecule has 0 saturated carbocycles. The third-order valence-corrected chi connectivity index (χ3v) is 7.40. The molecule has 0 aliphatic carbocycles. The first-order valence-electron chi connectivity index (χ1n) is 13.6. The predicted molar refractivity (Wildman–Crippen MR) is 151 cm³/mol. The number of aliphatic imine (C=N–C) groups is 2. The molecule has 1 aliphatic rings. The summed E-state index contributed by atoms with van der Waals surface area (Å²) in [6.07, 6.45) is 9.20. The van der Waals surface area contributed by atoms with Gasteiger partial charge in [0.15, 0.2) is 5.82 Å². The average molecular weight is 476 g/mol. The van der Waals surface area contributed by atoms with Gasteiger partial charge in [-0.05, 0) is 102 Å². The molecule has 1 fully saturated rings. The third-order valence-electron chi connectivity index (χ3n) is 7.40. The first-order valence-corrected chi connectivity index (χ1v) is 13.6. The topological polar surface area (TPSA) is 52.9 Å². The van der Waals surface area contributed by atoms with Gasteiger partial charge >= 0.3 is 0 Å². The Labute approximate surface area is 213 Å². The molecule has 190 valence electrons. The number of rotatable bonds is 11. The zero-order chi connectivity index (χ0) is 25.2. The van der Waals surface area contributed by atoms with Gasteiger partial charge in [0.25, 0.3) is 0 Å². The zero-order valence-electron chi connectivity index (χ0n) is 22.6. The van der Waals surface area contributed by atoms with Crippen molar-refractivity contribution in [2.24, 2.45) is 9.98 Å². The Morgan fingerprint density at radius 1 is 1.14 bits per heavy atom. The van der Waals surface area contributed by atoms with Crippen LogP contribution in [0.4, 0.5) is 5.82 Å². The van der Waals surface area contributed by atoms with Gasteiger partial charge in [-0.1, -0.05) is 32.4 Å². The van der Waals surface area contributed by atoms with Crippen LogP contribution in [0.1, 0.15) is 82.9 Å². The first kappa shape index (κ1) is 27.1. The van der Waals surface area contributed by atoms with E-state index in [1.54, 1.807) is 0 Å². The molecule has 0 radical (unpaired) electrons. The Morgan fingerprint density at radius 2 is 1.94 bits per heavy atom. The number of nitrogens with zero attached hydrogens (tertiary/aromatic N) is 4. The minimum Gasteiger partial charge on any atom is -0.354 e. The van der Waals surface area contributed by atoms with Crippen LogP contribution in [0.25, 0.3) is 11.3 Å². The summed E-state index contributed by atoms with van der Waals surface area (Å²) in [5, 5.41) is 3.32. The highest BCUT2D eigenvalue weighted by Gasteiger charge is 2.25. The predicted octanol–water partition coefficient (Wildman–Crippen LogP) is 6.60. The molecule has 0 amide bonds. The third kappa shape index (κ3) is 7.00. The van der Waals surface area contributed by atoms with E-state index < -0.39 is 0 Å². The van der Waals surface area contributed by atoms with Crippen molar-refractivity contribution in [2.45, 2.75) is 91.1 Å². The Hall–Kier alpha value is -2.53. The van der Waals surface area contributed by atoms with E-state index in [4.69, 9.17) is 9.98 Å². The Morgan fingerprint density at radius 3 is 2.63 bits per heavy atom. The van der Waals surface area contributed by atoms with Gasteiger partial charge in [0.05, 0.1) is 11.3 Å². The molecule has 1 aromatic heterocycles. The smallest absolute Gasteiger partial charge is 0.162 e. The van der Waals surface area contributed by atoms with Gasteiger partial charge < -0.3 is 10.2 Å². The van der Waals surface area contributed by atoms with Gasteiger partial charge in [-0.3, -0.25) is 4.99 Å². The van der Waals surface area contributed by atoms with E-state index in [1.165, 1.54) is 43.2 Å². The van der Waals surface area contributed by atoms with Gasteiger partial charge in [0, 0.05) is 30.7 Å². The fourth-order valence-corrected chi connectivity index (χ4v) is 5.00. The minimum absolute atomic E-state index is 0.470. The molecule has 2 aromatic rings. The minimum atomic E-state index is 0.470. The van der Waals surface area contributed by atoms with E-state index in [0.29, 0.717) is 17.9 Å². The van der Waals surface area contributed by atoms with Crippen LogP contribution in [-0.4, -0.2) is 54.7 Å². The van der Waals surface area contributed by atoms with Crippen molar-refractivity contribution < 1.29 is 0 Å². The number of nitrogens with one attached hydrogen (secondary N) is 1. The molecule has 2 atom stereocenters. The van der Waals surface area contributed by atoms with Crippen molar-refractivity contribution in [2.75, 3.05) is 20.1 Å². The largest absolute Gasteiger partial charge is 0.354 e. The van der Waals surface area contributed by atoms with Crippen LogP contribution in [0.3, 0.4) is 0 Å². The first-order chi connectivity index (χ1) is 17.0. The van der Waals surface area contributed by atoms with Gasteiger partial charge in [-0.15, -0.1) is 0 Å². The highest BCUT2D eigenvalue weighted by atomic mass is 15.2. The van der Waals surface area contributed by atoms with E-state index in [9.17, 15) is 0 Å². The fraction of sp³-hybridized carbons (Fsp3) is 0.567. The number of aromatic nitrogens is 1. The van der Waals surface area contributed by atoms with Crippen LogP contribution in [0.5, 0.6) is 0 Å². The lowest BCUT2D eigenvalue weighted by Crippen LogP contribution is -2.42. The van der Waals surface area contributed by atoms with Crippen LogP contribution >= 0.6 is 0 Å². The fourth-order valence-electron chi connectivity index (χ4n) is 5.00.